The molecule has 4 aromatic heterocycles. The van der Waals surface area contributed by atoms with E-state index in [1.165, 1.54) is 4.90 Å². The number of pyridine rings is 2. The summed E-state index contributed by atoms with van der Waals surface area (Å²) in [7, 11) is 0. The third kappa shape index (κ3) is 3.93. The monoisotopic (exact) mass is 452 g/mol. The average molecular weight is 452 g/mol. The van der Waals surface area contributed by atoms with Gasteiger partial charge in [0.25, 0.3) is 0 Å². The van der Waals surface area contributed by atoms with Crippen LogP contribution in [0.2, 0.25) is 0 Å². The number of fused-ring (bicyclic) bond motifs is 1. The molecule has 1 aliphatic heterocycles. The molecule has 0 unspecified atom stereocenters. The van der Waals surface area contributed by atoms with Crippen molar-refractivity contribution in [1.82, 2.24) is 34.4 Å². The molecule has 5 heterocycles. The van der Waals surface area contributed by atoms with Crippen molar-refractivity contribution in [3.8, 4) is 23.3 Å². The minimum Gasteiger partial charge on any atom is -0.290 e. The number of hydrogen-bond donors (Lipinski definition) is 0. The first-order chi connectivity index (χ1) is 15.8. The van der Waals surface area contributed by atoms with E-state index in [0.717, 1.165) is 11.1 Å². The molecule has 8 nitrogen and oxygen atoms in total. The lowest BCUT2D eigenvalue weighted by molar-refractivity contribution is -0.167. The molecule has 0 radical (unpaired) electrons. The molecule has 0 atom stereocenters. The predicted molar refractivity (Wildman–Crippen MR) is 113 cm³/mol. The van der Waals surface area contributed by atoms with E-state index in [1.807, 2.05) is 25.1 Å². The Morgan fingerprint density at radius 1 is 1.15 bits per heavy atom. The van der Waals surface area contributed by atoms with Gasteiger partial charge in [0, 0.05) is 43.1 Å². The molecule has 1 saturated heterocycles. The standard InChI is InChI=1S/C22H19F3N8/c1-15-4-9-32(29-15)19-11-18-16(3-2-8-27-18)20(28-19)17-5-10-33(30-17)21(6-7-26)12-31(13-21)14-22(23,24)25/h2-5,8-11H,6,12-14H2,1H3. The molecule has 0 aliphatic carbocycles. The van der Waals surface area contributed by atoms with Gasteiger partial charge in [0.15, 0.2) is 5.82 Å². The third-order valence-corrected chi connectivity index (χ3v) is 5.71. The Morgan fingerprint density at radius 3 is 2.67 bits per heavy atom. The molecule has 168 valence electrons. The van der Waals surface area contributed by atoms with Crippen molar-refractivity contribution in [2.45, 2.75) is 25.1 Å². The summed E-state index contributed by atoms with van der Waals surface area (Å²) in [4.78, 5) is 10.5. The van der Waals surface area contributed by atoms with E-state index in [-0.39, 0.29) is 19.5 Å². The molecule has 0 N–H and O–H groups in total. The second kappa shape index (κ2) is 7.67. The molecule has 33 heavy (non-hydrogen) atoms. The summed E-state index contributed by atoms with van der Waals surface area (Å²) in [5.74, 6) is 0.575. The number of hydrogen-bond acceptors (Lipinski definition) is 6. The zero-order valence-electron chi connectivity index (χ0n) is 17.7. The summed E-state index contributed by atoms with van der Waals surface area (Å²) >= 11 is 0. The van der Waals surface area contributed by atoms with Gasteiger partial charge in [-0.1, -0.05) is 0 Å². The van der Waals surface area contributed by atoms with Crippen LogP contribution in [0.3, 0.4) is 0 Å². The summed E-state index contributed by atoms with van der Waals surface area (Å²) in [5, 5.41) is 19.2. The SMILES string of the molecule is Cc1ccn(-c2cc3ncccc3c(-c3ccn(C4(CC#N)CN(CC(F)(F)F)C4)n3)n2)n1. The molecular weight excluding hydrogens is 433 g/mol. The molecular formula is C22H19F3N8. The van der Waals surface area contributed by atoms with Crippen LogP contribution in [-0.2, 0) is 5.54 Å². The van der Waals surface area contributed by atoms with Crippen LogP contribution >= 0.6 is 0 Å². The minimum atomic E-state index is -4.28. The fourth-order valence-corrected chi connectivity index (χ4v) is 4.27. The van der Waals surface area contributed by atoms with Crippen molar-refractivity contribution >= 4 is 10.9 Å². The van der Waals surface area contributed by atoms with Crippen LogP contribution in [0.1, 0.15) is 12.1 Å². The highest BCUT2D eigenvalue weighted by molar-refractivity contribution is 5.92. The van der Waals surface area contributed by atoms with Crippen molar-refractivity contribution < 1.29 is 13.2 Å². The van der Waals surface area contributed by atoms with E-state index in [9.17, 15) is 18.4 Å². The maximum Gasteiger partial charge on any atom is 0.401 e. The smallest absolute Gasteiger partial charge is 0.290 e. The quantitative estimate of drug-likeness (QED) is 0.461. The summed E-state index contributed by atoms with van der Waals surface area (Å²) in [6.45, 7) is 1.08. The zero-order chi connectivity index (χ0) is 23.2. The summed E-state index contributed by atoms with van der Waals surface area (Å²) < 4.78 is 41.6. The minimum absolute atomic E-state index is 0.0603. The number of halogens is 3. The van der Waals surface area contributed by atoms with E-state index < -0.39 is 18.3 Å². The predicted octanol–water partition coefficient (Wildman–Crippen LogP) is 3.47. The largest absolute Gasteiger partial charge is 0.401 e. The molecule has 0 bridgehead atoms. The number of nitrogens with zero attached hydrogens (tertiary/aromatic N) is 8. The number of aromatic nitrogens is 6. The molecule has 0 saturated carbocycles. The molecule has 1 aliphatic rings. The van der Waals surface area contributed by atoms with Crippen molar-refractivity contribution in [3.63, 3.8) is 0 Å². The fraction of sp³-hybridized carbons (Fsp3) is 0.318. The lowest BCUT2D eigenvalue weighted by atomic mass is 9.87. The Balaban J connectivity index is 1.53. The highest BCUT2D eigenvalue weighted by Crippen LogP contribution is 2.35. The second-order valence-corrected chi connectivity index (χ2v) is 8.27. The normalized spacial score (nSPS) is 16.0. The van der Waals surface area contributed by atoms with E-state index in [1.54, 1.807) is 40.1 Å². The molecule has 4 aromatic rings. The van der Waals surface area contributed by atoms with Crippen LogP contribution < -0.4 is 0 Å². The molecule has 0 aromatic carbocycles. The Hall–Kier alpha value is -3.78. The van der Waals surface area contributed by atoms with Gasteiger partial charge in [0.2, 0.25) is 0 Å². The Kier molecular flexibility index (Phi) is 4.90. The summed E-state index contributed by atoms with van der Waals surface area (Å²) in [6, 6.07) is 11.3. The zero-order valence-corrected chi connectivity index (χ0v) is 17.7. The van der Waals surface area contributed by atoms with Gasteiger partial charge in [-0.3, -0.25) is 14.6 Å². The van der Waals surface area contributed by atoms with Crippen molar-refractivity contribution in [1.29, 1.82) is 5.26 Å². The molecule has 1 fully saturated rings. The number of likely N-dealkylation sites (tertiary alicyclic amines) is 1. The van der Waals surface area contributed by atoms with Crippen molar-refractivity contribution in [3.05, 3.63) is 54.6 Å². The van der Waals surface area contributed by atoms with Gasteiger partial charge in [-0.2, -0.15) is 28.6 Å². The number of alkyl halides is 3. The third-order valence-electron chi connectivity index (χ3n) is 5.71. The van der Waals surface area contributed by atoms with Crippen molar-refractivity contribution in [2.75, 3.05) is 19.6 Å². The van der Waals surface area contributed by atoms with E-state index in [4.69, 9.17) is 4.98 Å². The van der Waals surface area contributed by atoms with Gasteiger partial charge in [-0.25, -0.2) is 9.67 Å². The first-order valence-corrected chi connectivity index (χ1v) is 10.3. The van der Waals surface area contributed by atoms with Crippen LogP contribution in [0.4, 0.5) is 13.2 Å². The Morgan fingerprint density at radius 2 is 1.97 bits per heavy atom. The van der Waals surface area contributed by atoms with Crippen LogP contribution in [0.5, 0.6) is 0 Å². The summed E-state index contributed by atoms with van der Waals surface area (Å²) in [5.41, 5.74) is 1.89. The Bertz CT molecular complexity index is 1360. The highest BCUT2D eigenvalue weighted by atomic mass is 19.4. The van der Waals surface area contributed by atoms with Gasteiger partial charge in [0.05, 0.1) is 30.2 Å². The van der Waals surface area contributed by atoms with E-state index >= 15 is 0 Å². The first kappa shape index (κ1) is 21.1. The topological polar surface area (TPSA) is 88.5 Å². The number of rotatable bonds is 5. The van der Waals surface area contributed by atoms with Gasteiger partial charge in [-0.15, -0.1) is 0 Å². The Labute approximate surface area is 186 Å². The lowest BCUT2D eigenvalue weighted by Crippen LogP contribution is -2.64. The van der Waals surface area contributed by atoms with Crippen LogP contribution in [0, 0.1) is 18.3 Å². The maximum absolute atomic E-state index is 12.8. The van der Waals surface area contributed by atoms with Gasteiger partial charge in [-0.05, 0) is 31.2 Å². The van der Waals surface area contributed by atoms with E-state index in [2.05, 4.69) is 21.3 Å². The highest BCUT2D eigenvalue weighted by Gasteiger charge is 2.48. The van der Waals surface area contributed by atoms with Gasteiger partial charge in [0.1, 0.15) is 16.9 Å². The summed E-state index contributed by atoms with van der Waals surface area (Å²) in [6.07, 6.45) is 0.973. The van der Waals surface area contributed by atoms with E-state index in [0.29, 0.717) is 22.7 Å². The van der Waals surface area contributed by atoms with Crippen molar-refractivity contribution in [2.24, 2.45) is 0 Å². The average Bonchev–Trinajstić information content (AvgIpc) is 3.40. The van der Waals surface area contributed by atoms with Gasteiger partial charge >= 0.3 is 6.18 Å². The second-order valence-electron chi connectivity index (χ2n) is 8.27. The van der Waals surface area contributed by atoms with Gasteiger partial charge < -0.3 is 0 Å². The molecule has 5 rings (SSSR count). The van der Waals surface area contributed by atoms with Crippen LogP contribution in [0.15, 0.2) is 48.9 Å². The van der Waals surface area contributed by atoms with Crippen LogP contribution in [-0.4, -0.2) is 60.2 Å². The number of aryl methyl sites for hydroxylation is 1. The first-order valence-electron chi connectivity index (χ1n) is 10.3. The fourth-order valence-electron chi connectivity index (χ4n) is 4.27. The maximum atomic E-state index is 12.8. The lowest BCUT2D eigenvalue weighted by Gasteiger charge is -2.49. The molecule has 11 heteroatoms. The molecule has 0 amide bonds. The molecule has 0 spiro atoms. The number of nitriles is 1. The van der Waals surface area contributed by atoms with Crippen LogP contribution in [0.25, 0.3) is 28.1 Å².